The minimum absolute atomic E-state index is 0.337. The molecule has 3 heteroatoms. The zero-order valence-corrected chi connectivity index (χ0v) is 16.6. The van der Waals surface area contributed by atoms with Gasteiger partial charge in [-0.15, -0.1) is 0 Å². The smallest absolute Gasteiger partial charge is 0.337 e. The van der Waals surface area contributed by atoms with Gasteiger partial charge in [-0.1, -0.05) is 36.4 Å². The predicted octanol–water partition coefficient (Wildman–Crippen LogP) is 6.49. The maximum atomic E-state index is 12.0. The van der Waals surface area contributed by atoms with Crippen LogP contribution in [0.25, 0.3) is 38.2 Å². The zero-order chi connectivity index (χ0) is 20.2. The lowest BCUT2D eigenvalue weighted by Crippen LogP contribution is -2.04. The quantitative estimate of drug-likeness (QED) is 0.350. The molecule has 0 saturated heterocycles. The van der Waals surface area contributed by atoms with E-state index in [0.717, 1.165) is 29.5 Å². The van der Waals surface area contributed by atoms with E-state index in [0.29, 0.717) is 5.56 Å². The number of carbonyl (C=O) groups is 1. The third-order valence-corrected chi connectivity index (χ3v) is 6.55. The molecule has 0 bridgehead atoms. The molecule has 5 aromatic rings. The largest absolute Gasteiger partial charge is 0.478 e. The normalized spacial score (nSPS) is 13.7. The van der Waals surface area contributed by atoms with E-state index in [9.17, 15) is 9.90 Å². The second kappa shape index (κ2) is 6.46. The van der Waals surface area contributed by atoms with Crippen LogP contribution in [0, 0.1) is 0 Å². The highest BCUT2D eigenvalue weighted by molar-refractivity contribution is 6.17. The second-order valence-electron chi connectivity index (χ2n) is 8.19. The summed E-state index contributed by atoms with van der Waals surface area (Å²) in [6, 6.07) is 20.9. The van der Waals surface area contributed by atoms with Crippen molar-refractivity contribution in [1.82, 2.24) is 4.40 Å². The van der Waals surface area contributed by atoms with Crippen molar-refractivity contribution in [3.63, 3.8) is 0 Å². The monoisotopic (exact) mass is 391 g/mol. The maximum Gasteiger partial charge on any atom is 0.337 e. The average molecular weight is 391 g/mol. The number of aromatic nitrogens is 1. The number of nitrogens with zero attached hydrogens (tertiary/aromatic N) is 1. The van der Waals surface area contributed by atoms with Gasteiger partial charge >= 0.3 is 5.97 Å². The summed E-state index contributed by atoms with van der Waals surface area (Å²) in [5.41, 5.74) is 6.10. The lowest BCUT2D eigenvalue weighted by atomic mass is 9.83. The maximum absolute atomic E-state index is 12.0. The van der Waals surface area contributed by atoms with Crippen LogP contribution in [-0.4, -0.2) is 15.5 Å². The molecule has 0 saturated carbocycles. The molecule has 146 valence electrons. The Hall–Kier alpha value is -3.59. The van der Waals surface area contributed by atoms with E-state index in [1.165, 1.54) is 45.5 Å². The van der Waals surface area contributed by atoms with Gasteiger partial charge in [0.1, 0.15) is 0 Å². The van der Waals surface area contributed by atoms with E-state index in [-0.39, 0.29) is 0 Å². The molecule has 0 atom stereocenters. The number of pyridine rings is 1. The number of benzene rings is 3. The molecule has 30 heavy (non-hydrogen) atoms. The van der Waals surface area contributed by atoms with Crippen LogP contribution in [0.2, 0.25) is 0 Å². The van der Waals surface area contributed by atoms with E-state index in [4.69, 9.17) is 0 Å². The lowest BCUT2D eigenvalue weighted by molar-refractivity contribution is 0.0698. The number of hydrogen-bond donors (Lipinski definition) is 1. The van der Waals surface area contributed by atoms with Gasteiger partial charge < -0.3 is 9.51 Å². The molecule has 0 radical (unpaired) electrons. The van der Waals surface area contributed by atoms with Crippen molar-refractivity contribution >= 4 is 33.0 Å². The Balaban J connectivity index is 1.81. The first kappa shape index (κ1) is 17.3. The Morgan fingerprint density at radius 1 is 0.833 bits per heavy atom. The number of fused-ring (bicyclic) bond motifs is 6. The number of hydrogen-bond acceptors (Lipinski definition) is 1. The molecule has 2 aromatic heterocycles. The molecule has 0 unspecified atom stereocenters. The SMILES string of the molecule is O=C(O)c1cccn2ccc(-c3cc4ccccc4c4ccc5c(c34)CCCC5)c12. The van der Waals surface area contributed by atoms with E-state index in [1.807, 2.05) is 16.8 Å². The number of aryl methyl sites for hydroxylation is 2. The Labute approximate surface area is 174 Å². The van der Waals surface area contributed by atoms with Crippen LogP contribution < -0.4 is 0 Å². The van der Waals surface area contributed by atoms with Gasteiger partial charge in [-0.3, -0.25) is 0 Å². The van der Waals surface area contributed by atoms with Crippen molar-refractivity contribution in [2.45, 2.75) is 25.7 Å². The summed E-state index contributed by atoms with van der Waals surface area (Å²) in [7, 11) is 0. The molecule has 0 fully saturated rings. The van der Waals surface area contributed by atoms with Crippen LogP contribution in [-0.2, 0) is 12.8 Å². The molecule has 1 aliphatic carbocycles. The highest BCUT2D eigenvalue weighted by atomic mass is 16.4. The fraction of sp³-hybridized carbons (Fsp3) is 0.148. The Bertz CT molecular complexity index is 1480. The highest BCUT2D eigenvalue weighted by Crippen LogP contribution is 2.42. The van der Waals surface area contributed by atoms with Crippen molar-refractivity contribution in [2.75, 3.05) is 0 Å². The van der Waals surface area contributed by atoms with E-state index >= 15 is 0 Å². The van der Waals surface area contributed by atoms with Gasteiger partial charge in [0.25, 0.3) is 0 Å². The van der Waals surface area contributed by atoms with Crippen LogP contribution in [0.3, 0.4) is 0 Å². The fourth-order valence-corrected chi connectivity index (χ4v) is 5.22. The molecule has 0 aliphatic heterocycles. The first-order chi connectivity index (χ1) is 14.7. The molecule has 6 rings (SSSR count). The second-order valence-corrected chi connectivity index (χ2v) is 8.19. The van der Waals surface area contributed by atoms with Gasteiger partial charge in [0.2, 0.25) is 0 Å². The van der Waals surface area contributed by atoms with Crippen molar-refractivity contribution in [3.05, 3.63) is 89.7 Å². The average Bonchev–Trinajstić information content (AvgIpc) is 3.22. The lowest BCUT2D eigenvalue weighted by Gasteiger charge is -2.21. The number of carboxylic acid groups (broad SMARTS) is 1. The molecule has 2 heterocycles. The fourth-order valence-electron chi connectivity index (χ4n) is 5.22. The third-order valence-electron chi connectivity index (χ3n) is 6.55. The minimum atomic E-state index is -0.896. The third kappa shape index (κ3) is 2.42. The molecule has 0 amide bonds. The van der Waals surface area contributed by atoms with Gasteiger partial charge in [-0.25, -0.2) is 4.79 Å². The molecule has 3 aromatic carbocycles. The van der Waals surface area contributed by atoms with Crippen LogP contribution in [0.5, 0.6) is 0 Å². The summed E-state index contributed by atoms with van der Waals surface area (Å²) in [5, 5.41) is 14.8. The molecule has 1 N–H and O–H groups in total. The minimum Gasteiger partial charge on any atom is -0.478 e. The van der Waals surface area contributed by atoms with E-state index < -0.39 is 5.97 Å². The van der Waals surface area contributed by atoms with Crippen molar-refractivity contribution < 1.29 is 9.90 Å². The molecule has 1 aliphatic rings. The zero-order valence-electron chi connectivity index (χ0n) is 16.6. The first-order valence-electron chi connectivity index (χ1n) is 10.5. The van der Waals surface area contributed by atoms with Crippen molar-refractivity contribution in [3.8, 4) is 11.1 Å². The van der Waals surface area contributed by atoms with Gasteiger partial charge in [0, 0.05) is 18.0 Å². The van der Waals surface area contributed by atoms with E-state index in [1.54, 1.807) is 12.1 Å². The van der Waals surface area contributed by atoms with Gasteiger partial charge in [0.05, 0.1) is 11.1 Å². The Morgan fingerprint density at radius 2 is 1.70 bits per heavy atom. The van der Waals surface area contributed by atoms with E-state index in [2.05, 4.69) is 48.5 Å². The topological polar surface area (TPSA) is 41.7 Å². The summed E-state index contributed by atoms with van der Waals surface area (Å²) in [6.45, 7) is 0. The van der Waals surface area contributed by atoms with Gasteiger partial charge in [0.15, 0.2) is 0 Å². The summed E-state index contributed by atoms with van der Waals surface area (Å²) in [6.07, 6.45) is 8.52. The van der Waals surface area contributed by atoms with Crippen LogP contribution in [0.4, 0.5) is 0 Å². The molecule has 3 nitrogen and oxygen atoms in total. The van der Waals surface area contributed by atoms with Crippen LogP contribution in [0.1, 0.15) is 34.3 Å². The standard InChI is InChI=1S/C27H21NO2/c29-27(30)23-10-5-14-28-15-13-22(26(23)28)24-16-18-7-2-3-8-19(18)21-12-11-17-6-1-4-9-20(17)25(21)24/h2-3,5,7-8,10-16H,1,4,6,9H2,(H,29,30). The van der Waals surface area contributed by atoms with Gasteiger partial charge in [-0.05, 0) is 88.2 Å². The molecular formula is C27H21NO2. The van der Waals surface area contributed by atoms with Crippen LogP contribution in [0.15, 0.2) is 73.1 Å². The Kier molecular flexibility index (Phi) is 3.72. The van der Waals surface area contributed by atoms with Crippen molar-refractivity contribution in [1.29, 1.82) is 0 Å². The molecular weight excluding hydrogens is 370 g/mol. The highest BCUT2D eigenvalue weighted by Gasteiger charge is 2.21. The number of aromatic carboxylic acids is 1. The predicted molar refractivity (Wildman–Crippen MR) is 121 cm³/mol. The Morgan fingerprint density at radius 3 is 2.60 bits per heavy atom. The summed E-state index contributed by atoms with van der Waals surface area (Å²) in [4.78, 5) is 12.0. The summed E-state index contributed by atoms with van der Waals surface area (Å²) < 4.78 is 1.93. The summed E-state index contributed by atoms with van der Waals surface area (Å²) in [5.74, 6) is -0.896. The number of carboxylic acids is 1. The van der Waals surface area contributed by atoms with Crippen molar-refractivity contribution in [2.24, 2.45) is 0 Å². The summed E-state index contributed by atoms with van der Waals surface area (Å²) >= 11 is 0. The number of rotatable bonds is 2. The first-order valence-corrected chi connectivity index (χ1v) is 10.5. The molecule has 0 spiro atoms. The van der Waals surface area contributed by atoms with Crippen LogP contribution >= 0.6 is 0 Å². The van der Waals surface area contributed by atoms with Gasteiger partial charge in [-0.2, -0.15) is 0 Å².